The Balaban J connectivity index is 1.50. The van der Waals surface area contributed by atoms with Crippen LogP contribution in [0.2, 0.25) is 0 Å². The number of benzene rings is 2. The number of likely N-dealkylation sites (N-methyl/N-ethyl adjacent to an activating group) is 1. The molecule has 1 aliphatic heterocycles. The Kier molecular flexibility index (Phi) is 6.57. The molecular weight excluding hydrogens is 350 g/mol. The van der Waals surface area contributed by atoms with Crippen molar-refractivity contribution in [2.24, 2.45) is 0 Å². The van der Waals surface area contributed by atoms with Crippen molar-refractivity contribution >= 4 is 11.6 Å². The van der Waals surface area contributed by atoms with E-state index in [4.69, 9.17) is 4.74 Å². The number of aryl methyl sites for hydroxylation is 2. The van der Waals surface area contributed by atoms with Crippen molar-refractivity contribution in [2.45, 2.75) is 20.4 Å². The molecular formula is C23H32N3O2+. The number of amides is 1. The Bertz CT molecular complexity index is 813. The number of piperazine rings is 1. The maximum Gasteiger partial charge on any atom is 0.277 e. The predicted molar refractivity (Wildman–Crippen MR) is 113 cm³/mol. The number of hydrogen-bond acceptors (Lipinski definition) is 3. The van der Waals surface area contributed by atoms with E-state index in [2.05, 4.69) is 49.1 Å². The van der Waals surface area contributed by atoms with Crippen LogP contribution in [0, 0.1) is 13.8 Å². The fourth-order valence-corrected chi connectivity index (χ4v) is 3.78. The van der Waals surface area contributed by atoms with Crippen LogP contribution >= 0.6 is 0 Å². The van der Waals surface area contributed by atoms with Crippen LogP contribution in [0.4, 0.5) is 5.69 Å². The molecule has 1 N–H and O–H groups in total. The monoisotopic (exact) mass is 382 g/mol. The van der Waals surface area contributed by atoms with E-state index in [0.29, 0.717) is 13.1 Å². The first-order valence-corrected chi connectivity index (χ1v) is 9.99. The number of carbonyl (C=O) groups is 1. The molecule has 3 rings (SSSR count). The largest absolute Gasteiger partial charge is 0.497 e. The second kappa shape index (κ2) is 9.11. The molecule has 2 aromatic rings. The van der Waals surface area contributed by atoms with Crippen molar-refractivity contribution in [1.29, 1.82) is 0 Å². The zero-order chi connectivity index (χ0) is 20.1. The molecule has 1 saturated heterocycles. The van der Waals surface area contributed by atoms with Crippen molar-refractivity contribution in [2.75, 3.05) is 51.8 Å². The molecule has 0 spiro atoms. The van der Waals surface area contributed by atoms with Gasteiger partial charge < -0.3 is 19.4 Å². The van der Waals surface area contributed by atoms with Gasteiger partial charge in [0.1, 0.15) is 5.75 Å². The minimum Gasteiger partial charge on any atom is -0.497 e. The maximum atomic E-state index is 12.7. The molecule has 0 aromatic heterocycles. The molecule has 0 atom stereocenters. The summed E-state index contributed by atoms with van der Waals surface area (Å²) in [5.41, 5.74) is 4.92. The Morgan fingerprint density at radius 1 is 1.14 bits per heavy atom. The molecule has 0 saturated carbocycles. The molecule has 1 amide bonds. The lowest BCUT2D eigenvalue weighted by Gasteiger charge is -2.34. The molecule has 0 radical (unpaired) electrons. The quantitative estimate of drug-likeness (QED) is 0.826. The molecule has 28 heavy (non-hydrogen) atoms. The summed E-state index contributed by atoms with van der Waals surface area (Å²) in [4.78, 5) is 18.3. The molecule has 1 fully saturated rings. The SMILES string of the molecule is COc1cccc(N2CC[NH+](CC(=O)N(C)Cc3ccc(C)cc3C)CC2)c1. The zero-order valence-corrected chi connectivity index (χ0v) is 17.5. The van der Waals surface area contributed by atoms with Crippen molar-refractivity contribution < 1.29 is 14.4 Å². The third kappa shape index (κ3) is 5.04. The first-order chi connectivity index (χ1) is 13.5. The Labute approximate surface area is 168 Å². The standard InChI is InChI=1S/C23H31N3O2/c1-18-8-9-20(19(2)14-18)16-24(3)23(27)17-25-10-12-26(13-11-25)21-6-5-7-22(15-21)28-4/h5-9,14-15H,10-13,16-17H2,1-4H3/p+1. The lowest BCUT2D eigenvalue weighted by atomic mass is 10.1. The number of nitrogens with one attached hydrogen (secondary N) is 1. The van der Waals surface area contributed by atoms with Crippen molar-refractivity contribution in [3.05, 3.63) is 59.2 Å². The summed E-state index contributed by atoms with van der Waals surface area (Å²) in [6.07, 6.45) is 0. The smallest absolute Gasteiger partial charge is 0.277 e. The molecule has 5 nitrogen and oxygen atoms in total. The van der Waals surface area contributed by atoms with Gasteiger partial charge in [0.15, 0.2) is 6.54 Å². The predicted octanol–water partition coefficient (Wildman–Crippen LogP) is 1.68. The van der Waals surface area contributed by atoms with Crippen LogP contribution in [0.5, 0.6) is 5.75 Å². The van der Waals surface area contributed by atoms with Crippen LogP contribution < -0.4 is 14.5 Å². The number of methoxy groups -OCH3 is 1. The van der Waals surface area contributed by atoms with E-state index in [1.165, 1.54) is 27.3 Å². The summed E-state index contributed by atoms with van der Waals surface area (Å²) in [5.74, 6) is 1.10. The number of hydrogen-bond donors (Lipinski definition) is 1. The van der Waals surface area contributed by atoms with E-state index in [0.717, 1.165) is 31.9 Å². The molecule has 5 heteroatoms. The second-order valence-corrected chi connectivity index (χ2v) is 7.80. The third-order valence-corrected chi connectivity index (χ3v) is 5.62. The summed E-state index contributed by atoms with van der Waals surface area (Å²) in [6.45, 7) is 9.30. The molecule has 2 aromatic carbocycles. The van der Waals surface area contributed by atoms with E-state index in [-0.39, 0.29) is 5.91 Å². The summed E-state index contributed by atoms with van der Waals surface area (Å²) < 4.78 is 5.33. The highest BCUT2D eigenvalue weighted by Crippen LogP contribution is 2.20. The van der Waals surface area contributed by atoms with Gasteiger partial charge >= 0.3 is 0 Å². The van der Waals surface area contributed by atoms with E-state index in [1.54, 1.807) is 7.11 Å². The van der Waals surface area contributed by atoms with Gasteiger partial charge in [-0.3, -0.25) is 4.79 Å². The van der Waals surface area contributed by atoms with Gasteiger partial charge in [0.25, 0.3) is 5.91 Å². The van der Waals surface area contributed by atoms with Gasteiger partial charge in [0.2, 0.25) is 0 Å². The highest BCUT2D eigenvalue weighted by molar-refractivity contribution is 5.76. The van der Waals surface area contributed by atoms with Gasteiger partial charge in [0, 0.05) is 25.3 Å². The number of ether oxygens (including phenoxy) is 1. The van der Waals surface area contributed by atoms with Gasteiger partial charge in [-0.2, -0.15) is 0 Å². The first-order valence-electron chi connectivity index (χ1n) is 9.99. The van der Waals surface area contributed by atoms with Gasteiger partial charge in [-0.25, -0.2) is 0 Å². The third-order valence-electron chi connectivity index (χ3n) is 5.62. The fourth-order valence-electron chi connectivity index (χ4n) is 3.78. The molecule has 0 aliphatic carbocycles. The average Bonchev–Trinajstić information content (AvgIpc) is 2.70. The van der Waals surface area contributed by atoms with Gasteiger partial charge in [-0.15, -0.1) is 0 Å². The average molecular weight is 383 g/mol. The van der Waals surface area contributed by atoms with E-state index in [1.807, 2.05) is 24.1 Å². The molecule has 0 unspecified atom stereocenters. The van der Waals surface area contributed by atoms with Crippen LogP contribution in [0.15, 0.2) is 42.5 Å². The highest BCUT2D eigenvalue weighted by Gasteiger charge is 2.24. The molecule has 1 aliphatic rings. The van der Waals surface area contributed by atoms with Gasteiger partial charge in [-0.05, 0) is 37.1 Å². The van der Waals surface area contributed by atoms with Crippen molar-refractivity contribution in [3.63, 3.8) is 0 Å². The minimum absolute atomic E-state index is 0.213. The summed E-state index contributed by atoms with van der Waals surface area (Å²) in [5, 5.41) is 0. The molecule has 1 heterocycles. The van der Waals surface area contributed by atoms with Crippen LogP contribution in [0.1, 0.15) is 16.7 Å². The van der Waals surface area contributed by atoms with E-state index in [9.17, 15) is 4.79 Å². The number of quaternary nitrogens is 1. The number of anilines is 1. The Morgan fingerprint density at radius 2 is 1.89 bits per heavy atom. The second-order valence-electron chi connectivity index (χ2n) is 7.80. The number of nitrogens with zero attached hydrogens (tertiary/aromatic N) is 2. The van der Waals surface area contributed by atoms with Gasteiger partial charge in [-0.1, -0.05) is 29.8 Å². The van der Waals surface area contributed by atoms with Crippen LogP contribution in [0.3, 0.4) is 0 Å². The fraction of sp³-hybridized carbons (Fsp3) is 0.435. The minimum atomic E-state index is 0.213. The number of rotatable bonds is 6. The highest BCUT2D eigenvalue weighted by atomic mass is 16.5. The maximum absolute atomic E-state index is 12.7. The lowest BCUT2D eigenvalue weighted by Crippen LogP contribution is -3.15. The van der Waals surface area contributed by atoms with Gasteiger partial charge in [0.05, 0.1) is 33.3 Å². The van der Waals surface area contributed by atoms with Crippen LogP contribution in [0.25, 0.3) is 0 Å². The summed E-state index contributed by atoms with van der Waals surface area (Å²) >= 11 is 0. The first kappa shape index (κ1) is 20.2. The normalized spacial score (nSPS) is 14.8. The molecule has 150 valence electrons. The van der Waals surface area contributed by atoms with Crippen molar-refractivity contribution in [3.8, 4) is 5.75 Å². The van der Waals surface area contributed by atoms with Crippen LogP contribution in [-0.2, 0) is 11.3 Å². The molecule has 0 bridgehead atoms. The number of carbonyl (C=O) groups excluding carboxylic acids is 1. The van der Waals surface area contributed by atoms with E-state index < -0.39 is 0 Å². The summed E-state index contributed by atoms with van der Waals surface area (Å²) in [6, 6.07) is 14.6. The lowest BCUT2D eigenvalue weighted by molar-refractivity contribution is -0.892. The topological polar surface area (TPSA) is 37.2 Å². The van der Waals surface area contributed by atoms with Crippen LogP contribution in [-0.4, -0.2) is 57.7 Å². The Morgan fingerprint density at radius 3 is 2.57 bits per heavy atom. The van der Waals surface area contributed by atoms with Crippen molar-refractivity contribution in [1.82, 2.24) is 4.90 Å². The summed E-state index contributed by atoms with van der Waals surface area (Å²) in [7, 11) is 3.61. The van der Waals surface area contributed by atoms with E-state index >= 15 is 0 Å². The Hall–Kier alpha value is -2.53. The zero-order valence-electron chi connectivity index (χ0n) is 17.5.